The van der Waals surface area contributed by atoms with E-state index in [0.717, 1.165) is 0 Å². The Morgan fingerprint density at radius 3 is 2.39 bits per heavy atom. The van der Waals surface area contributed by atoms with Crippen molar-refractivity contribution in [1.29, 1.82) is 0 Å². The zero-order chi connectivity index (χ0) is 17.5. The minimum absolute atomic E-state index is 0.0296. The van der Waals surface area contributed by atoms with Gasteiger partial charge in [0, 0.05) is 25.1 Å². The number of carboxylic acid groups (broad SMARTS) is 1. The van der Waals surface area contributed by atoms with Crippen LogP contribution in [0.1, 0.15) is 30.1 Å². The summed E-state index contributed by atoms with van der Waals surface area (Å²) in [6.45, 7) is 1.82. The van der Waals surface area contributed by atoms with E-state index in [0.29, 0.717) is 12.0 Å². The number of rotatable bonds is 9. The standard InChI is InChI=1S/C15H21NO6S/c1-11(3-8-14(17)18)16-15(19)12-4-6-13(7-5-12)23(20,21)10-9-22-2/h4-7,11H,3,8-10H2,1-2H3,(H,16,19)(H,17,18). The van der Waals surface area contributed by atoms with Crippen LogP contribution in [0.25, 0.3) is 0 Å². The topological polar surface area (TPSA) is 110 Å². The van der Waals surface area contributed by atoms with Crippen LogP contribution in [0.3, 0.4) is 0 Å². The van der Waals surface area contributed by atoms with Gasteiger partial charge in [0.25, 0.3) is 5.91 Å². The summed E-state index contributed by atoms with van der Waals surface area (Å²) < 4.78 is 28.7. The number of benzene rings is 1. The molecule has 0 aliphatic carbocycles. The van der Waals surface area contributed by atoms with Crippen molar-refractivity contribution in [2.75, 3.05) is 19.5 Å². The van der Waals surface area contributed by atoms with Crippen molar-refractivity contribution >= 4 is 21.7 Å². The van der Waals surface area contributed by atoms with Crippen molar-refractivity contribution in [3.8, 4) is 0 Å². The van der Waals surface area contributed by atoms with Gasteiger partial charge in [-0.3, -0.25) is 9.59 Å². The molecule has 0 aliphatic heterocycles. The molecule has 0 radical (unpaired) electrons. The summed E-state index contributed by atoms with van der Waals surface area (Å²) in [7, 11) is -2.00. The van der Waals surface area contributed by atoms with Crippen LogP contribution in [0, 0.1) is 0 Å². The summed E-state index contributed by atoms with van der Waals surface area (Å²) in [6.07, 6.45) is 0.294. The molecular weight excluding hydrogens is 322 g/mol. The monoisotopic (exact) mass is 343 g/mol. The Morgan fingerprint density at radius 2 is 1.87 bits per heavy atom. The fraction of sp³-hybridized carbons (Fsp3) is 0.467. The molecule has 0 aliphatic rings. The van der Waals surface area contributed by atoms with Crippen molar-refractivity contribution in [3.05, 3.63) is 29.8 Å². The smallest absolute Gasteiger partial charge is 0.303 e. The average Bonchev–Trinajstić information content (AvgIpc) is 2.51. The quantitative estimate of drug-likeness (QED) is 0.694. The first-order valence-electron chi connectivity index (χ1n) is 7.10. The first-order chi connectivity index (χ1) is 10.8. The third-order valence-electron chi connectivity index (χ3n) is 3.20. The molecule has 1 atom stereocenters. The fourth-order valence-corrected chi connectivity index (χ4v) is 3.02. The second-order valence-corrected chi connectivity index (χ2v) is 7.25. The van der Waals surface area contributed by atoms with Gasteiger partial charge < -0.3 is 15.2 Å². The van der Waals surface area contributed by atoms with E-state index in [1.807, 2.05) is 0 Å². The van der Waals surface area contributed by atoms with Crippen LogP contribution in [0.4, 0.5) is 0 Å². The SMILES string of the molecule is COCCS(=O)(=O)c1ccc(C(=O)NC(C)CCC(=O)O)cc1. The lowest BCUT2D eigenvalue weighted by Crippen LogP contribution is -2.32. The third kappa shape index (κ3) is 6.37. The molecule has 0 spiro atoms. The highest BCUT2D eigenvalue weighted by atomic mass is 32.2. The van der Waals surface area contributed by atoms with Crippen molar-refractivity contribution in [1.82, 2.24) is 5.32 Å². The number of sulfone groups is 1. The first kappa shape index (κ1) is 19.1. The number of methoxy groups -OCH3 is 1. The van der Waals surface area contributed by atoms with Crippen LogP contribution in [0.2, 0.25) is 0 Å². The summed E-state index contributed by atoms with van der Waals surface area (Å²) >= 11 is 0. The van der Waals surface area contributed by atoms with E-state index in [1.165, 1.54) is 31.4 Å². The van der Waals surface area contributed by atoms with Gasteiger partial charge in [-0.15, -0.1) is 0 Å². The van der Waals surface area contributed by atoms with Crippen molar-refractivity contribution in [3.63, 3.8) is 0 Å². The molecule has 0 fully saturated rings. The molecule has 1 amide bonds. The van der Waals surface area contributed by atoms with Crippen LogP contribution in [0.5, 0.6) is 0 Å². The normalized spacial score (nSPS) is 12.6. The minimum atomic E-state index is -3.43. The van der Waals surface area contributed by atoms with Gasteiger partial charge in [-0.2, -0.15) is 0 Å². The molecule has 8 heteroatoms. The van der Waals surface area contributed by atoms with Gasteiger partial charge in [0.2, 0.25) is 0 Å². The number of amides is 1. The Labute approximate surface area is 135 Å². The lowest BCUT2D eigenvalue weighted by molar-refractivity contribution is -0.137. The fourth-order valence-electron chi connectivity index (χ4n) is 1.84. The van der Waals surface area contributed by atoms with Gasteiger partial charge in [0.15, 0.2) is 9.84 Å². The van der Waals surface area contributed by atoms with Crippen molar-refractivity contribution < 1.29 is 27.9 Å². The lowest BCUT2D eigenvalue weighted by Gasteiger charge is -2.13. The summed E-state index contributed by atoms with van der Waals surface area (Å²) in [5, 5.41) is 11.3. The van der Waals surface area contributed by atoms with Gasteiger partial charge in [-0.25, -0.2) is 8.42 Å². The average molecular weight is 343 g/mol. The van der Waals surface area contributed by atoms with Gasteiger partial charge in [-0.05, 0) is 37.6 Å². The number of carbonyl (C=O) groups excluding carboxylic acids is 1. The van der Waals surface area contributed by atoms with E-state index >= 15 is 0 Å². The van der Waals surface area contributed by atoms with Gasteiger partial charge in [0.1, 0.15) is 0 Å². The molecule has 0 heterocycles. The van der Waals surface area contributed by atoms with E-state index < -0.39 is 15.8 Å². The number of ether oxygens (including phenoxy) is 1. The highest BCUT2D eigenvalue weighted by Gasteiger charge is 2.16. The number of hydrogen-bond donors (Lipinski definition) is 2. The molecule has 2 N–H and O–H groups in total. The number of carbonyl (C=O) groups is 2. The molecule has 1 rings (SSSR count). The summed E-state index contributed by atoms with van der Waals surface area (Å²) in [5.74, 6) is -1.41. The predicted octanol–water partition coefficient (Wildman–Crippen LogP) is 1.09. The third-order valence-corrected chi connectivity index (χ3v) is 4.90. The summed E-state index contributed by atoms with van der Waals surface area (Å²) in [5.41, 5.74) is 0.317. The largest absolute Gasteiger partial charge is 0.481 e. The molecule has 0 aromatic heterocycles. The molecule has 0 saturated carbocycles. The second-order valence-electron chi connectivity index (χ2n) is 5.14. The molecule has 0 bridgehead atoms. The molecule has 128 valence electrons. The Balaban J connectivity index is 2.69. The molecular formula is C15H21NO6S. The van der Waals surface area contributed by atoms with E-state index in [4.69, 9.17) is 9.84 Å². The van der Waals surface area contributed by atoms with E-state index in [9.17, 15) is 18.0 Å². The first-order valence-corrected chi connectivity index (χ1v) is 8.76. The zero-order valence-electron chi connectivity index (χ0n) is 13.1. The predicted molar refractivity (Wildman–Crippen MR) is 84.2 cm³/mol. The molecule has 23 heavy (non-hydrogen) atoms. The maximum absolute atomic E-state index is 12.0. The van der Waals surface area contributed by atoms with Crippen LogP contribution >= 0.6 is 0 Å². The number of aliphatic carboxylic acids is 1. The van der Waals surface area contributed by atoms with Crippen LogP contribution in [0.15, 0.2) is 29.2 Å². The Kier molecular flexibility index (Phi) is 7.18. The maximum atomic E-state index is 12.0. The van der Waals surface area contributed by atoms with Crippen molar-refractivity contribution in [2.45, 2.75) is 30.7 Å². The van der Waals surface area contributed by atoms with Crippen LogP contribution in [-0.4, -0.2) is 50.9 Å². The number of carboxylic acids is 1. The van der Waals surface area contributed by atoms with E-state index in [1.54, 1.807) is 6.92 Å². The highest BCUT2D eigenvalue weighted by Crippen LogP contribution is 2.13. The number of hydrogen-bond acceptors (Lipinski definition) is 5. The zero-order valence-corrected chi connectivity index (χ0v) is 13.9. The van der Waals surface area contributed by atoms with Gasteiger partial charge in [-0.1, -0.05) is 0 Å². The molecule has 7 nitrogen and oxygen atoms in total. The second kappa shape index (κ2) is 8.64. The Morgan fingerprint density at radius 1 is 1.26 bits per heavy atom. The van der Waals surface area contributed by atoms with E-state index in [2.05, 4.69) is 5.32 Å². The van der Waals surface area contributed by atoms with E-state index in [-0.39, 0.29) is 35.6 Å². The van der Waals surface area contributed by atoms with Crippen LogP contribution < -0.4 is 5.32 Å². The Bertz CT molecular complexity index is 638. The molecule has 1 aromatic carbocycles. The van der Waals surface area contributed by atoms with Crippen molar-refractivity contribution in [2.24, 2.45) is 0 Å². The summed E-state index contributed by atoms with van der Waals surface area (Å²) in [6, 6.07) is 5.32. The number of nitrogens with one attached hydrogen (secondary N) is 1. The lowest BCUT2D eigenvalue weighted by atomic mass is 10.1. The molecule has 1 unspecified atom stereocenters. The van der Waals surface area contributed by atoms with Gasteiger partial charge >= 0.3 is 5.97 Å². The highest BCUT2D eigenvalue weighted by molar-refractivity contribution is 7.91. The van der Waals surface area contributed by atoms with Gasteiger partial charge in [0.05, 0.1) is 17.3 Å². The summed E-state index contributed by atoms with van der Waals surface area (Å²) in [4.78, 5) is 22.6. The Hall–Kier alpha value is -1.93. The molecule has 1 aromatic rings. The minimum Gasteiger partial charge on any atom is -0.481 e. The molecule has 0 saturated heterocycles. The maximum Gasteiger partial charge on any atom is 0.303 e. The van der Waals surface area contributed by atoms with Crippen LogP contribution in [-0.2, 0) is 19.4 Å².